The van der Waals surface area contributed by atoms with Crippen molar-refractivity contribution in [1.82, 2.24) is 10.1 Å². The van der Waals surface area contributed by atoms with Gasteiger partial charge in [-0.25, -0.2) is 0 Å². The number of carbonyl (C=O) groups excluding carboxylic acids is 1. The lowest BCUT2D eigenvalue weighted by Crippen LogP contribution is -2.36. The lowest BCUT2D eigenvalue weighted by Gasteiger charge is -2.17. The second-order valence-corrected chi connectivity index (χ2v) is 3.35. The molecule has 1 aromatic rings. The molecule has 0 spiro atoms. The van der Waals surface area contributed by atoms with Gasteiger partial charge in [-0.2, -0.15) is 5.26 Å². The van der Waals surface area contributed by atoms with Crippen LogP contribution in [-0.4, -0.2) is 40.1 Å². The minimum absolute atomic E-state index is 0.0432. The Hall–Kier alpha value is -2.36. The van der Waals surface area contributed by atoms with E-state index in [0.29, 0.717) is 5.76 Å². The van der Waals surface area contributed by atoms with Gasteiger partial charge in [0.25, 0.3) is 5.91 Å². The lowest BCUT2D eigenvalue weighted by molar-refractivity contribution is -0.137. The fourth-order valence-corrected chi connectivity index (χ4v) is 1.23. The van der Waals surface area contributed by atoms with Gasteiger partial charge in [-0.3, -0.25) is 9.59 Å². The number of hydrogen-bond acceptors (Lipinski definition) is 5. The Morgan fingerprint density at radius 1 is 1.65 bits per heavy atom. The van der Waals surface area contributed by atoms with Crippen LogP contribution in [0.2, 0.25) is 0 Å². The number of aryl methyl sites for hydroxylation is 1. The molecule has 0 bridgehead atoms. The summed E-state index contributed by atoms with van der Waals surface area (Å²) in [5, 5.41) is 20.6. The van der Waals surface area contributed by atoms with E-state index in [2.05, 4.69) is 5.16 Å². The van der Waals surface area contributed by atoms with Crippen molar-refractivity contribution in [2.75, 3.05) is 13.1 Å². The van der Waals surface area contributed by atoms with Gasteiger partial charge in [0.1, 0.15) is 12.3 Å². The molecule has 0 aliphatic rings. The molecule has 7 heteroatoms. The predicted octanol–water partition coefficient (Wildman–Crippen LogP) is 0.423. The highest BCUT2D eigenvalue weighted by Crippen LogP contribution is 2.06. The molecule has 17 heavy (non-hydrogen) atoms. The first-order chi connectivity index (χ1) is 8.04. The molecule has 0 aliphatic carbocycles. The Morgan fingerprint density at radius 3 is 2.82 bits per heavy atom. The Bertz CT molecular complexity index is 460. The summed E-state index contributed by atoms with van der Waals surface area (Å²) in [5.74, 6) is -1.24. The van der Waals surface area contributed by atoms with Crippen molar-refractivity contribution < 1.29 is 19.2 Å². The van der Waals surface area contributed by atoms with Crippen LogP contribution in [0.3, 0.4) is 0 Å². The third kappa shape index (κ3) is 3.61. The van der Waals surface area contributed by atoms with E-state index in [0.717, 1.165) is 4.90 Å². The summed E-state index contributed by atoms with van der Waals surface area (Å²) in [5.41, 5.74) is 0.0432. The highest BCUT2D eigenvalue weighted by molar-refractivity contribution is 5.94. The number of amides is 1. The van der Waals surface area contributed by atoms with E-state index in [1.54, 1.807) is 6.92 Å². The monoisotopic (exact) mass is 237 g/mol. The maximum Gasteiger partial charge on any atom is 0.323 e. The van der Waals surface area contributed by atoms with Crippen LogP contribution in [0.15, 0.2) is 10.6 Å². The van der Waals surface area contributed by atoms with E-state index < -0.39 is 18.4 Å². The van der Waals surface area contributed by atoms with Gasteiger partial charge in [0.15, 0.2) is 5.69 Å². The molecule has 0 aromatic carbocycles. The maximum atomic E-state index is 11.8. The standard InChI is InChI=1S/C10H11N3O4/c1-7-5-8(12-17-7)10(16)13(4-2-3-11)6-9(14)15/h5H,2,4,6H2,1H3,(H,14,15). The molecule has 1 amide bonds. The zero-order chi connectivity index (χ0) is 12.8. The van der Waals surface area contributed by atoms with Crippen LogP contribution < -0.4 is 0 Å². The number of nitriles is 1. The van der Waals surface area contributed by atoms with Crippen molar-refractivity contribution in [1.29, 1.82) is 5.26 Å². The lowest BCUT2D eigenvalue weighted by atomic mass is 10.3. The highest BCUT2D eigenvalue weighted by Gasteiger charge is 2.21. The smallest absolute Gasteiger partial charge is 0.323 e. The normalized spacial score (nSPS) is 9.65. The van der Waals surface area contributed by atoms with Crippen molar-refractivity contribution in [3.8, 4) is 6.07 Å². The van der Waals surface area contributed by atoms with Gasteiger partial charge in [-0.15, -0.1) is 0 Å². The molecular formula is C10H11N3O4. The van der Waals surface area contributed by atoms with Gasteiger partial charge in [0.2, 0.25) is 0 Å². The maximum absolute atomic E-state index is 11.8. The van der Waals surface area contributed by atoms with Crippen LogP contribution in [-0.2, 0) is 4.79 Å². The molecule has 0 saturated heterocycles. The summed E-state index contributed by atoms with van der Waals surface area (Å²) >= 11 is 0. The molecule has 1 aromatic heterocycles. The molecule has 0 aliphatic heterocycles. The van der Waals surface area contributed by atoms with Crippen LogP contribution in [0.1, 0.15) is 22.7 Å². The summed E-state index contributed by atoms with van der Waals surface area (Å²) in [6.45, 7) is 1.21. The molecule has 0 unspecified atom stereocenters. The van der Waals surface area contributed by atoms with Gasteiger partial charge in [0.05, 0.1) is 12.5 Å². The molecular weight excluding hydrogens is 226 g/mol. The van der Waals surface area contributed by atoms with Crippen LogP contribution in [0.25, 0.3) is 0 Å². The number of carboxylic acid groups (broad SMARTS) is 1. The topological polar surface area (TPSA) is 107 Å². The Balaban J connectivity index is 2.78. The fraction of sp³-hybridized carbons (Fsp3) is 0.400. The number of aliphatic carboxylic acids is 1. The molecule has 0 saturated carbocycles. The second kappa shape index (κ2) is 5.65. The van der Waals surface area contributed by atoms with Gasteiger partial charge in [-0.05, 0) is 6.92 Å². The van der Waals surface area contributed by atoms with Crippen molar-refractivity contribution in [2.24, 2.45) is 0 Å². The molecule has 0 atom stereocenters. The van der Waals surface area contributed by atoms with Gasteiger partial charge < -0.3 is 14.5 Å². The van der Waals surface area contributed by atoms with Crippen molar-refractivity contribution >= 4 is 11.9 Å². The minimum atomic E-state index is -1.14. The molecule has 90 valence electrons. The van der Waals surface area contributed by atoms with Crippen molar-refractivity contribution in [3.63, 3.8) is 0 Å². The van der Waals surface area contributed by atoms with Crippen molar-refractivity contribution in [3.05, 3.63) is 17.5 Å². The SMILES string of the molecule is Cc1cc(C(=O)N(CCC#N)CC(=O)O)no1. The summed E-state index contributed by atoms with van der Waals surface area (Å²) in [6.07, 6.45) is 0.0653. The van der Waals surface area contributed by atoms with E-state index in [1.165, 1.54) is 6.07 Å². The predicted molar refractivity (Wildman–Crippen MR) is 55.0 cm³/mol. The number of hydrogen-bond donors (Lipinski definition) is 1. The van der Waals surface area contributed by atoms with Gasteiger partial charge >= 0.3 is 5.97 Å². The zero-order valence-electron chi connectivity index (χ0n) is 9.21. The number of carboxylic acids is 1. The second-order valence-electron chi connectivity index (χ2n) is 3.35. The largest absolute Gasteiger partial charge is 0.480 e. The summed E-state index contributed by atoms with van der Waals surface area (Å²) in [4.78, 5) is 23.5. The Morgan fingerprint density at radius 2 is 2.35 bits per heavy atom. The minimum Gasteiger partial charge on any atom is -0.480 e. The van der Waals surface area contributed by atoms with E-state index in [-0.39, 0.29) is 18.7 Å². The average molecular weight is 237 g/mol. The van der Waals surface area contributed by atoms with Crippen LogP contribution in [0.4, 0.5) is 0 Å². The zero-order valence-corrected chi connectivity index (χ0v) is 9.21. The van der Waals surface area contributed by atoms with Crippen LogP contribution >= 0.6 is 0 Å². The number of nitrogens with zero attached hydrogens (tertiary/aromatic N) is 3. The molecule has 0 fully saturated rings. The quantitative estimate of drug-likeness (QED) is 0.795. The Kier molecular flexibility index (Phi) is 4.22. The van der Waals surface area contributed by atoms with Crippen molar-refractivity contribution in [2.45, 2.75) is 13.3 Å². The molecule has 1 N–H and O–H groups in total. The van der Waals surface area contributed by atoms with Gasteiger partial charge in [0, 0.05) is 12.6 Å². The summed E-state index contributed by atoms with van der Waals surface area (Å²) in [6, 6.07) is 3.27. The average Bonchev–Trinajstić information content (AvgIpc) is 2.69. The van der Waals surface area contributed by atoms with E-state index in [9.17, 15) is 9.59 Å². The fourth-order valence-electron chi connectivity index (χ4n) is 1.23. The van der Waals surface area contributed by atoms with E-state index in [1.807, 2.05) is 6.07 Å². The first-order valence-electron chi connectivity index (χ1n) is 4.86. The third-order valence-corrected chi connectivity index (χ3v) is 1.95. The molecule has 7 nitrogen and oxygen atoms in total. The first kappa shape index (κ1) is 12.7. The van der Waals surface area contributed by atoms with E-state index in [4.69, 9.17) is 14.9 Å². The van der Waals surface area contributed by atoms with E-state index >= 15 is 0 Å². The molecule has 0 radical (unpaired) electrons. The summed E-state index contributed by atoms with van der Waals surface area (Å²) in [7, 11) is 0. The molecule has 1 rings (SSSR count). The number of aromatic nitrogens is 1. The Labute approximate surface area is 97.2 Å². The summed E-state index contributed by atoms with van der Waals surface area (Å²) < 4.78 is 4.74. The molecule has 1 heterocycles. The number of carbonyl (C=O) groups is 2. The van der Waals surface area contributed by atoms with Crippen LogP contribution in [0, 0.1) is 18.3 Å². The number of rotatable bonds is 5. The third-order valence-electron chi connectivity index (χ3n) is 1.95. The van der Waals surface area contributed by atoms with Crippen LogP contribution in [0.5, 0.6) is 0 Å². The highest BCUT2D eigenvalue weighted by atomic mass is 16.5. The van der Waals surface area contributed by atoms with Gasteiger partial charge in [-0.1, -0.05) is 5.16 Å². The first-order valence-corrected chi connectivity index (χ1v) is 4.86.